The fourth-order valence-corrected chi connectivity index (χ4v) is 4.02. The van der Waals surface area contributed by atoms with Crippen LogP contribution in [0.25, 0.3) is 0 Å². The van der Waals surface area contributed by atoms with Gasteiger partial charge in [0.15, 0.2) is 11.6 Å². The van der Waals surface area contributed by atoms with Gasteiger partial charge in [-0.3, -0.25) is 4.90 Å². The molecule has 0 amide bonds. The highest BCUT2D eigenvalue weighted by Gasteiger charge is 2.40. The zero-order valence-corrected chi connectivity index (χ0v) is 14.2. The van der Waals surface area contributed by atoms with Gasteiger partial charge in [-0.2, -0.15) is 0 Å². The van der Waals surface area contributed by atoms with Gasteiger partial charge in [-0.25, -0.2) is 13.8 Å². The normalized spacial score (nSPS) is 23.1. The predicted molar refractivity (Wildman–Crippen MR) is 91.6 cm³/mol. The number of fused-ring (bicyclic) bond motifs is 1. The third kappa shape index (κ3) is 3.31. The summed E-state index contributed by atoms with van der Waals surface area (Å²) in [7, 11) is 1.49. The van der Waals surface area contributed by atoms with Crippen LogP contribution >= 0.6 is 0 Å². The van der Waals surface area contributed by atoms with Crippen molar-refractivity contribution in [2.75, 3.05) is 38.2 Å². The van der Waals surface area contributed by atoms with Crippen LogP contribution in [-0.4, -0.2) is 43.2 Å². The fraction of sp³-hybridized carbons (Fsp3) is 0.421. The molecule has 2 aliphatic heterocycles. The lowest BCUT2D eigenvalue weighted by atomic mass is 10.0. The van der Waals surface area contributed by atoms with E-state index < -0.39 is 0 Å². The molecule has 2 aliphatic rings. The van der Waals surface area contributed by atoms with Gasteiger partial charge in [0.1, 0.15) is 11.6 Å². The lowest BCUT2D eigenvalue weighted by Gasteiger charge is -2.22. The lowest BCUT2D eigenvalue weighted by molar-refractivity contribution is 0.307. The molecule has 2 atom stereocenters. The summed E-state index contributed by atoms with van der Waals surface area (Å²) in [6, 6.07) is 8.27. The molecular formula is C19H21F2N3O. The second-order valence-electron chi connectivity index (χ2n) is 6.92. The van der Waals surface area contributed by atoms with Gasteiger partial charge in [0.2, 0.25) is 0 Å². The van der Waals surface area contributed by atoms with E-state index >= 15 is 0 Å². The van der Waals surface area contributed by atoms with Crippen LogP contribution in [0.1, 0.15) is 5.56 Å². The van der Waals surface area contributed by atoms with Gasteiger partial charge in [0.05, 0.1) is 13.3 Å². The van der Waals surface area contributed by atoms with Crippen molar-refractivity contribution < 1.29 is 13.5 Å². The first-order chi connectivity index (χ1) is 12.1. The topological polar surface area (TPSA) is 28.6 Å². The van der Waals surface area contributed by atoms with Crippen molar-refractivity contribution in [2.24, 2.45) is 11.8 Å². The summed E-state index contributed by atoms with van der Waals surface area (Å²) < 4.78 is 31.6. The third-order valence-electron chi connectivity index (χ3n) is 5.22. The minimum atomic E-state index is -0.327. The Kier molecular flexibility index (Phi) is 4.29. The molecule has 1 aromatic heterocycles. The summed E-state index contributed by atoms with van der Waals surface area (Å²) in [5.74, 6) is 1.70. The van der Waals surface area contributed by atoms with E-state index in [4.69, 9.17) is 4.74 Å². The molecule has 0 spiro atoms. The quantitative estimate of drug-likeness (QED) is 0.852. The number of likely N-dealkylation sites (tertiary alicyclic amines) is 1. The largest absolute Gasteiger partial charge is 0.494 e. The zero-order chi connectivity index (χ0) is 17.4. The Balaban J connectivity index is 1.37. The Labute approximate surface area is 146 Å². The molecule has 0 radical (unpaired) electrons. The molecule has 0 aliphatic carbocycles. The Morgan fingerprint density at radius 3 is 2.48 bits per heavy atom. The van der Waals surface area contributed by atoms with E-state index in [0.29, 0.717) is 17.6 Å². The smallest absolute Gasteiger partial charge is 0.165 e. The number of halogens is 2. The first-order valence-electron chi connectivity index (χ1n) is 8.53. The second-order valence-corrected chi connectivity index (χ2v) is 6.92. The monoisotopic (exact) mass is 345 g/mol. The summed E-state index contributed by atoms with van der Waals surface area (Å²) in [5, 5.41) is 0. The summed E-state index contributed by atoms with van der Waals surface area (Å²) in [4.78, 5) is 8.85. The Hall–Kier alpha value is -2.21. The van der Waals surface area contributed by atoms with Crippen LogP contribution < -0.4 is 9.64 Å². The predicted octanol–water partition coefficient (Wildman–Crippen LogP) is 2.94. The molecule has 4 nitrogen and oxygen atoms in total. The molecule has 4 rings (SSSR count). The lowest BCUT2D eigenvalue weighted by Crippen LogP contribution is -2.29. The standard InChI is InChI=1S/C19H21F2N3O/c1-25-18-6-13(2-4-17(18)21)8-23-9-14-11-24(12-15(14)10-23)19-5-3-16(20)7-22-19/h2-7,14-15H,8-12H2,1H3. The zero-order valence-electron chi connectivity index (χ0n) is 14.2. The van der Waals surface area contributed by atoms with Crippen LogP contribution in [0.4, 0.5) is 14.6 Å². The number of benzene rings is 1. The second kappa shape index (κ2) is 6.59. The molecule has 2 unspecified atom stereocenters. The Bertz CT molecular complexity index is 739. The van der Waals surface area contributed by atoms with Gasteiger partial charge in [-0.05, 0) is 41.7 Å². The molecule has 0 saturated carbocycles. The number of nitrogens with zero attached hydrogens (tertiary/aromatic N) is 3. The number of pyridine rings is 1. The SMILES string of the molecule is COc1cc(CN2CC3CN(c4ccc(F)cn4)CC3C2)ccc1F. The molecule has 3 heterocycles. The molecule has 1 aromatic carbocycles. The number of aromatic nitrogens is 1. The van der Waals surface area contributed by atoms with Gasteiger partial charge in [0.25, 0.3) is 0 Å². The van der Waals surface area contributed by atoms with Crippen LogP contribution in [0.2, 0.25) is 0 Å². The van der Waals surface area contributed by atoms with Crippen LogP contribution in [0.15, 0.2) is 36.5 Å². The summed E-state index contributed by atoms with van der Waals surface area (Å²) >= 11 is 0. The fourth-order valence-electron chi connectivity index (χ4n) is 4.02. The van der Waals surface area contributed by atoms with Crippen molar-refractivity contribution in [1.82, 2.24) is 9.88 Å². The number of ether oxygens (including phenoxy) is 1. The van der Waals surface area contributed by atoms with Crippen molar-refractivity contribution in [2.45, 2.75) is 6.54 Å². The average molecular weight is 345 g/mol. The van der Waals surface area contributed by atoms with E-state index in [9.17, 15) is 8.78 Å². The van der Waals surface area contributed by atoms with Gasteiger partial charge in [-0.1, -0.05) is 6.07 Å². The van der Waals surface area contributed by atoms with E-state index in [-0.39, 0.29) is 11.6 Å². The van der Waals surface area contributed by atoms with Gasteiger partial charge in [-0.15, -0.1) is 0 Å². The first-order valence-corrected chi connectivity index (χ1v) is 8.53. The van der Waals surface area contributed by atoms with Crippen molar-refractivity contribution in [3.8, 4) is 5.75 Å². The number of anilines is 1. The van der Waals surface area contributed by atoms with Crippen molar-refractivity contribution in [3.63, 3.8) is 0 Å². The van der Waals surface area contributed by atoms with E-state index in [0.717, 1.165) is 44.1 Å². The third-order valence-corrected chi connectivity index (χ3v) is 5.22. The first kappa shape index (κ1) is 16.3. The Morgan fingerprint density at radius 2 is 1.84 bits per heavy atom. The van der Waals surface area contributed by atoms with E-state index in [1.807, 2.05) is 6.07 Å². The molecule has 2 aromatic rings. The molecule has 6 heteroatoms. The molecule has 132 valence electrons. The highest BCUT2D eigenvalue weighted by molar-refractivity contribution is 5.40. The highest BCUT2D eigenvalue weighted by atomic mass is 19.1. The van der Waals surface area contributed by atoms with Crippen molar-refractivity contribution in [3.05, 3.63) is 53.7 Å². The average Bonchev–Trinajstić information content (AvgIpc) is 3.15. The number of hydrogen-bond donors (Lipinski definition) is 0. The van der Waals surface area contributed by atoms with Crippen LogP contribution in [0.5, 0.6) is 5.75 Å². The van der Waals surface area contributed by atoms with Gasteiger partial charge >= 0.3 is 0 Å². The summed E-state index contributed by atoms with van der Waals surface area (Å²) in [6.07, 6.45) is 1.28. The maximum atomic E-state index is 13.5. The summed E-state index contributed by atoms with van der Waals surface area (Å²) in [6.45, 7) is 4.74. The van der Waals surface area contributed by atoms with E-state index in [1.165, 1.54) is 25.4 Å². The molecular weight excluding hydrogens is 324 g/mol. The van der Waals surface area contributed by atoms with Crippen LogP contribution in [0, 0.1) is 23.5 Å². The summed E-state index contributed by atoms with van der Waals surface area (Å²) in [5.41, 5.74) is 1.07. The molecule has 0 N–H and O–H groups in total. The number of methoxy groups -OCH3 is 1. The van der Waals surface area contributed by atoms with Crippen molar-refractivity contribution >= 4 is 5.82 Å². The maximum absolute atomic E-state index is 13.5. The molecule has 0 bridgehead atoms. The van der Waals surface area contributed by atoms with Crippen molar-refractivity contribution in [1.29, 1.82) is 0 Å². The Morgan fingerprint density at radius 1 is 1.08 bits per heavy atom. The van der Waals surface area contributed by atoms with Gasteiger partial charge < -0.3 is 9.64 Å². The highest BCUT2D eigenvalue weighted by Crippen LogP contribution is 2.34. The minimum Gasteiger partial charge on any atom is -0.494 e. The molecule has 2 fully saturated rings. The minimum absolute atomic E-state index is 0.297. The number of rotatable bonds is 4. The maximum Gasteiger partial charge on any atom is 0.165 e. The molecule has 2 saturated heterocycles. The van der Waals surface area contributed by atoms with Crippen LogP contribution in [-0.2, 0) is 6.54 Å². The number of hydrogen-bond acceptors (Lipinski definition) is 4. The van der Waals surface area contributed by atoms with Crippen LogP contribution in [0.3, 0.4) is 0 Å². The van der Waals surface area contributed by atoms with E-state index in [1.54, 1.807) is 12.1 Å². The van der Waals surface area contributed by atoms with E-state index in [2.05, 4.69) is 14.8 Å². The van der Waals surface area contributed by atoms with Gasteiger partial charge in [0, 0.05) is 32.7 Å². The molecule has 25 heavy (non-hydrogen) atoms.